The highest BCUT2D eigenvalue weighted by atomic mass is 32.1. The van der Waals surface area contributed by atoms with E-state index in [1.807, 2.05) is 17.5 Å². The van der Waals surface area contributed by atoms with Gasteiger partial charge in [0.1, 0.15) is 11.5 Å². The highest BCUT2D eigenvalue weighted by Crippen LogP contribution is 2.28. The van der Waals surface area contributed by atoms with Gasteiger partial charge in [-0.1, -0.05) is 6.07 Å². The van der Waals surface area contributed by atoms with Crippen LogP contribution in [-0.4, -0.2) is 33.7 Å². The molecule has 21 heavy (non-hydrogen) atoms. The standard InChI is InChI=1S/C13H16F3N3OS/c1-9(8-13(14,15)16)17-12-7-10(11-3-2-6-21-11)18-19(12)4-5-20/h2-3,6-7,9,17,20H,4-5,8H2,1H3. The van der Waals surface area contributed by atoms with E-state index in [4.69, 9.17) is 5.11 Å². The number of rotatable bonds is 6. The lowest BCUT2D eigenvalue weighted by molar-refractivity contribution is -0.136. The number of nitrogens with one attached hydrogen (secondary N) is 1. The first-order valence-electron chi connectivity index (χ1n) is 6.45. The first-order chi connectivity index (χ1) is 9.89. The Bertz CT molecular complexity index is 566. The molecule has 0 aliphatic heterocycles. The van der Waals surface area contributed by atoms with Crippen molar-refractivity contribution in [2.45, 2.75) is 32.1 Å². The number of alkyl halides is 3. The average molecular weight is 319 g/mol. The van der Waals surface area contributed by atoms with Crippen molar-refractivity contribution in [3.63, 3.8) is 0 Å². The van der Waals surface area contributed by atoms with Crippen LogP contribution in [-0.2, 0) is 6.54 Å². The Labute approximate surface area is 124 Å². The van der Waals surface area contributed by atoms with Crippen LogP contribution in [0.2, 0.25) is 0 Å². The number of hydrogen-bond acceptors (Lipinski definition) is 4. The van der Waals surface area contributed by atoms with E-state index in [1.165, 1.54) is 22.9 Å². The Balaban J connectivity index is 2.17. The molecular weight excluding hydrogens is 303 g/mol. The van der Waals surface area contributed by atoms with Gasteiger partial charge in [-0.05, 0) is 18.4 Å². The van der Waals surface area contributed by atoms with Crippen molar-refractivity contribution >= 4 is 17.2 Å². The monoisotopic (exact) mass is 319 g/mol. The second-order valence-corrected chi connectivity index (χ2v) is 5.65. The Hall–Kier alpha value is -1.54. The quantitative estimate of drug-likeness (QED) is 0.858. The van der Waals surface area contributed by atoms with Gasteiger partial charge in [-0.25, -0.2) is 4.68 Å². The Morgan fingerprint density at radius 2 is 2.24 bits per heavy atom. The van der Waals surface area contributed by atoms with Crippen LogP contribution < -0.4 is 5.32 Å². The first-order valence-corrected chi connectivity index (χ1v) is 7.33. The summed E-state index contributed by atoms with van der Waals surface area (Å²) >= 11 is 1.50. The van der Waals surface area contributed by atoms with Crippen LogP contribution in [0.5, 0.6) is 0 Å². The third-order valence-corrected chi connectivity index (χ3v) is 3.69. The van der Waals surface area contributed by atoms with Crippen LogP contribution in [0.25, 0.3) is 10.6 Å². The molecule has 0 fully saturated rings. The van der Waals surface area contributed by atoms with Crippen molar-refractivity contribution in [2.24, 2.45) is 0 Å². The predicted molar refractivity (Wildman–Crippen MR) is 76.4 cm³/mol. The molecule has 4 nitrogen and oxygen atoms in total. The van der Waals surface area contributed by atoms with Gasteiger partial charge >= 0.3 is 6.18 Å². The molecule has 0 saturated heterocycles. The molecule has 1 unspecified atom stereocenters. The fourth-order valence-corrected chi connectivity index (χ4v) is 2.67. The van der Waals surface area contributed by atoms with Gasteiger partial charge in [-0.3, -0.25) is 0 Å². The zero-order chi connectivity index (χ0) is 15.5. The summed E-state index contributed by atoms with van der Waals surface area (Å²) in [6.07, 6.45) is -5.14. The highest BCUT2D eigenvalue weighted by molar-refractivity contribution is 7.13. The molecule has 0 aliphatic carbocycles. The maximum Gasteiger partial charge on any atom is 0.391 e. The second-order valence-electron chi connectivity index (χ2n) is 4.70. The molecule has 8 heteroatoms. The summed E-state index contributed by atoms with van der Waals surface area (Å²) in [7, 11) is 0. The number of halogens is 3. The second kappa shape index (κ2) is 6.48. The lowest BCUT2D eigenvalue weighted by Gasteiger charge is -2.17. The van der Waals surface area contributed by atoms with Gasteiger partial charge < -0.3 is 10.4 Å². The van der Waals surface area contributed by atoms with Crippen LogP contribution in [0, 0.1) is 0 Å². The van der Waals surface area contributed by atoms with E-state index in [1.54, 1.807) is 6.07 Å². The molecule has 0 amide bonds. The third-order valence-electron chi connectivity index (χ3n) is 2.80. The molecule has 0 bridgehead atoms. The number of aliphatic hydroxyl groups excluding tert-OH is 1. The van der Waals surface area contributed by atoms with Crippen molar-refractivity contribution in [1.29, 1.82) is 0 Å². The number of aliphatic hydroxyl groups is 1. The molecule has 0 radical (unpaired) electrons. The van der Waals surface area contributed by atoms with E-state index < -0.39 is 18.6 Å². The summed E-state index contributed by atoms with van der Waals surface area (Å²) < 4.78 is 38.6. The van der Waals surface area contributed by atoms with Crippen molar-refractivity contribution in [2.75, 3.05) is 11.9 Å². The molecule has 0 aliphatic rings. The molecule has 0 saturated carbocycles. The van der Waals surface area contributed by atoms with E-state index in [0.717, 1.165) is 4.88 Å². The summed E-state index contributed by atoms with van der Waals surface area (Å²) in [5.41, 5.74) is 0.681. The Morgan fingerprint density at radius 3 is 2.81 bits per heavy atom. The average Bonchev–Trinajstić information content (AvgIpc) is 2.97. The lowest BCUT2D eigenvalue weighted by Crippen LogP contribution is -2.25. The largest absolute Gasteiger partial charge is 0.394 e. The minimum atomic E-state index is -4.22. The molecule has 0 spiro atoms. The lowest BCUT2D eigenvalue weighted by atomic mass is 10.2. The van der Waals surface area contributed by atoms with Crippen molar-refractivity contribution < 1.29 is 18.3 Å². The predicted octanol–water partition coefficient (Wildman–Crippen LogP) is 3.36. The van der Waals surface area contributed by atoms with Crippen molar-refractivity contribution in [3.8, 4) is 10.6 Å². The molecule has 2 rings (SSSR count). The van der Waals surface area contributed by atoms with Crippen LogP contribution in [0.1, 0.15) is 13.3 Å². The maximum atomic E-state index is 12.4. The van der Waals surface area contributed by atoms with E-state index in [-0.39, 0.29) is 13.2 Å². The third kappa shape index (κ3) is 4.47. The van der Waals surface area contributed by atoms with Gasteiger partial charge in [0.15, 0.2) is 0 Å². The first kappa shape index (κ1) is 15.8. The van der Waals surface area contributed by atoms with Gasteiger partial charge in [-0.15, -0.1) is 11.3 Å². The molecular formula is C13H16F3N3OS. The van der Waals surface area contributed by atoms with E-state index in [2.05, 4.69) is 10.4 Å². The smallest absolute Gasteiger partial charge is 0.391 e. The van der Waals surface area contributed by atoms with Gasteiger partial charge in [0.25, 0.3) is 0 Å². The SMILES string of the molecule is CC(CC(F)(F)F)Nc1cc(-c2cccs2)nn1CCO. The fourth-order valence-electron chi connectivity index (χ4n) is 1.99. The van der Waals surface area contributed by atoms with Crippen LogP contribution in [0.3, 0.4) is 0 Å². The van der Waals surface area contributed by atoms with Crippen molar-refractivity contribution in [3.05, 3.63) is 23.6 Å². The number of thiophene rings is 1. The molecule has 2 aromatic heterocycles. The summed E-state index contributed by atoms with van der Waals surface area (Å²) in [6.45, 7) is 1.56. The molecule has 1 atom stereocenters. The minimum absolute atomic E-state index is 0.131. The number of nitrogens with zero attached hydrogens (tertiary/aromatic N) is 2. The summed E-state index contributed by atoms with van der Waals surface area (Å²) in [5.74, 6) is 0.476. The van der Waals surface area contributed by atoms with Crippen molar-refractivity contribution in [1.82, 2.24) is 9.78 Å². The van der Waals surface area contributed by atoms with Crippen LogP contribution in [0.4, 0.5) is 19.0 Å². The normalized spacial score (nSPS) is 13.4. The number of anilines is 1. The number of aromatic nitrogens is 2. The minimum Gasteiger partial charge on any atom is -0.394 e. The zero-order valence-corrected chi connectivity index (χ0v) is 12.2. The van der Waals surface area contributed by atoms with E-state index >= 15 is 0 Å². The molecule has 2 aromatic rings. The molecule has 0 aromatic carbocycles. The fraction of sp³-hybridized carbons (Fsp3) is 0.462. The van der Waals surface area contributed by atoms with Gasteiger partial charge in [0.05, 0.1) is 24.4 Å². The topological polar surface area (TPSA) is 50.1 Å². The van der Waals surface area contributed by atoms with E-state index in [9.17, 15) is 13.2 Å². The molecule has 116 valence electrons. The zero-order valence-electron chi connectivity index (χ0n) is 11.4. The van der Waals surface area contributed by atoms with Gasteiger partial charge in [0.2, 0.25) is 0 Å². The highest BCUT2D eigenvalue weighted by Gasteiger charge is 2.30. The van der Waals surface area contributed by atoms with E-state index in [0.29, 0.717) is 11.5 Å². The Morgan fingerprint density at radius 1 is 1.48 bits per heavy atom. The van der Waals surface area contributed by atoms with Gasteiger partial charge in [-0.2, -0.15) is 18.3 Å². The van der Waals surface area contributed by atoms with Gasteiger partial charge in [0, 0.05) is 12.1 Å². The summed E-state index contributed by atoms with van der Waals surface area (Å²) in [6, 6.07) is 4.70. The molecule has 2 heterocycles. The Kier molecular flexibility index (Phi) is 4.89. The molecule has 2 N–H and O–H groups in total. The summed E-state index contributed by atoms with van der Waals surface area (Å²) in [4.78, 5) is 0.929. The van der Waals surface area contributed by atoms with Crippen LogP contribution in [0.15, 0.2) is 23.6 Å². The van der Waals surface area contributed by atoms with Crippen LogP contribution >= 0.6 is 11.3 Å². The number of hydrogen-bond donors (Lipinski definition) is 2. The maximum absolute atomic E-state index is 12.4. The summed E-state index contributed by atoms with van der Waals surface area (Å²) in [5, 5.41) is 18.1.